The minimum atomic E-state index is -1.04. The zero-order valence-electron chi connectivity index (χ0n) is 19.3. The Balaban J connectivity index is 0.000000210. The van der Waals surface area contributed by atoms with Crippen molar-refractivity contribution in [3.63, 3.8) is 0 Å². The number of aliphatic hydroxyl groups excluding tert-OH is 2. The van der Waals surface area contributed by atoms with E-state index in [2.05, 4.69) is 44.4 Å². The smallest absolute Gasteiger partial charge is 0.140 e. The fraction of sp³-hybridized carbons (Fsp3) is 1.00. The third-order valence-electron chi connectivity index (χ3n) is 6.09. The summed E-state index contributed by atoms with van der Waals surface area (Å²) < 4.78 is 12.6. The van der Waals surface area contributed by atoms with E-state index in [9.17, 15) is 4.39 Å². The van der Waals surface area contributed by atoms with Gasteiger partial charge in [0.15, 0.2) is 0 Å². The Kier molecular flexibility index (Phi) is 11.4. The molecule has 3 saturated heterocycles. The molecule has 3 aliphatic rings. The van der Waals surface area contributed by atoms with Gasteiger partial charge in [0, 0.05) is 50.8 Å². The van der Waals surface area contributed by atoms with E-state index >= 15 is 0 Å². The van der Waals surface area contributed by atoms with Crippen LogP contribution in [0.3, 0.4) is 0 Å². The van der Waals surface area contributed by atoms with Crippen LogP contribution < -0.4 is 0 Å². The van der Waals surface area contributed by atoms with Crippen molar-refractivity contribution in [3.05, 3.63) is 0 Å². The second-order valence-electron chi connectivity index (χ2n) is 9.64. The molecule has 0 aromatic carbocycles. The summed E-state index contributed by atoms with van der Waals surface area (Å²) in [6.07, 6.45) is 0.494. The largest absolute Gasteiger partial charge is 0.392 e. The van der Waals surface area contributed by atoms with Crippen LogP contribution in [0.2, 0.25) is 0 Å². The number of nitrogens with zero attached hydrogens (tertiary/aromatic N) is 3. The summed E-state index contributed by atoms with van der Waals surface area (Å²) in [4.78, 5) is 6.78. The Bertz CT molecular complexity index is 389. The fourth-order valence-electron chi connectivity index (χ4n) is 3.87. The van der Waals surface area contributed by atoms with Crippen LogP contribution in [0.5, 0.6) is 0 Å². The molecule has 0 aromatic heterocycles. The Morgan fingerprint density at radius 1 is 0.714 bits per heavy atom. The van der Waals surface area contributed by atoms with Gasteiger partial charge in [0.2, 0.25) is 0 Å². The number of aliphatic hydroxyl groups is 2. The van der Waals surface area contributed by atoms with Gasteiger partial charge in [-0.2, -0.15) is 0 Å². The molecule has 3 fully saturated rings. The number of β-amino-alcohol motifs (C(OH)–C–C–N with tert-alkyl or cyclic N) is 2. The Labute approximate surface area is 172 Å². The average molecular weight is 404 g/mol. The predicted octanol–water partition coefficient (Wildman–Crippen LogP) is 2.61. The van der Waals surface area contributed by atoms with Crippen LogP contribution in [0.4, 0.5) is 4.39 Å². The lowest BCUT2D eigenvalue weighted by molar-refractivity contribution is 0.115. The molecule has 3 aliphatic heterocycles. The lowest BCUT2D eigenvalue weighted by Crippen LogP contribution is -2.29. The summed E-state index contributed by atoms with van der Waals surface area (Å²) in [5, 5.41) is 18.1. The van der Waals surface area contributed by atoms with E-state index in [0.29, 0.717) is 25.2 Å². The van der Waals surface area contributed by atoms with E-state index in [-0.39, 0.29) is 6.10 Å². The maximum atomic E-state index is 12.6. The predicted molar refractivity (Wildman–Crippen MR) is 115 cm³/mol. The molecule has 2 unspecified atom stereocenters. The average Bonchev–Trinajstić information content (AvgIpc) is 3.30. The van der Waals surface area contributed by atoms with Gasteiger partial charge in [0.1, 0.15) is 6.17 Å². The van der Waals surface area contributed by atoms with Gasteiger partial charge >= 0.3 is 0 Å². The third-order valence-corrected chi connectivity index (χ3v) is 6.09. The van der Waals surface area contributed by atoms with Crippen molar-refractivity contribution in [2.24, 2.45) is 5.92 Å². The molecule has 6 heteroatoms. The highest BCUT2D eigenvalue weighted by Gasteiger charge is 2.32. The van der Waals surface area contributed by atoms with Gasteiger partial charge < -0.3 is 15.1 Å². The molecule has 4 atom stereocenters. The van der Waals surface area contributed by atoms with Gasteiger partial charge in [0.25, 0.3) is 0 Å². The van der Waals surface area contributed by atoms with E-state index in [1.54, 1.807) is 0 Å². The van der Waals surface area contributed by atoms with E-state index in [4.69, 9.17) is 10.2 Å². The number of rotatable bonds is 3. The first kappa shape index (κ1) is 25.8. The first-order chi connectivity index (χ1) is 13.0. The van der Waals surface area contributed by atoms with Gasteiger partial charge in [-0.05, 0) is 66.8 Å². The maximum absolute atomic E-state index is 12.6. The number of alkyl halides is 1. The summed E-state index contributed by atoms with van der Waals surface area (Å²) in [6, 6.07) is 1.70. The molecule has 0 aromatic rings. The molecule has 0 radical (unpaired) electrons. The number of hydrogen-bond donors (Lipinski definition) is 2. The van der Waals surface area contributed by atoms with Crippen LogP contribution in [-0.2, 0) is 0 Å². The Hall–Kier alpha value is -0.270. The van der Waals surface area contributed by atoms with Crippen molar-refractivity contribution in [2.75, 3.05) is 39.3 Å². The topological polar surface area (TPSA) is 50.2 Å². The van der Waals surface area contributed by atoms with Gasteiger partial charge in [0.05, 0.1) is 12.2 Å². The quantitative estimate of drug-likeness (QED) is 0.759. The van der Waals surface area contributed by atoms with E-state index in [1.807, 2.05) is 18.7 Å². The van der Waals surface area contributed by atoms with Crippen molar-refractivity contribution in [2.45, 2.75) is 97.8 Å². The SMILES string of the molecule is CC(C)N1CC(O)C(F)C1.CC(C)N1CC[C@@H](C)C1.CC(C)N1CC[C@@H](O)C1. The minimum Gasteiger partial charge on any atom is -0.392 e. The Morgan fingerprint density at radius 3 is 1.43 bits per heavy atom. The number of halogens is 1. The zero-order chi connectivity index (χ0) is 21.4. The van der Waals surface area contributed by atoms with E-state index < -0.39 is 12.3 Å². The molecule has 3 heterocycles. The van der Waals surface area contributed by atoms with Crippen molar-refractivity contribution in [3.8, 4) is 0 Å². The molecule has 0 amide bonds. The molecule has 0 saturated carbocycles. The highest BCUT2D eigenvalue weighted by Crippen LogP contribution is 2.17. The van der Waals surface area contributed by atoms with Crippen molar-refractivity contribution in [1.29, 1.82) is 0 Å². The Morgan fingerprint density at radius 2 is 1.21 bits per heavy atom. The number of likely N-dealkylation sites (tertiary alicyclic amines) is 3. The van der Waals surface area contributed by atoms with Crippen LogP contribution in [0.25, 0.3) is 0 Å². The second-order valence-corrected chi connectivity index (χ2v) is 9.64. The summed E-state index contributed by atoms with van der Waals surface area (Å²) in [5.74, 6) is 0.937. The van der Waals surface area contributed by atoms with Crippen LogP contribution in [0, 0.1) is 5.92 Å². The van der Waals surface area contributed by atoms with Crippen LogP contribution in [0.1, 0.15) is 61.3 Å². The van der Waals surface area contributed by atoms with Gasteiger partial charge in [-0.25, -0.2) is 4.39 Å². The lowest BCUT2D eigenvalue weighted by Gasteiger charge is -2.19. The molecule has 0 spiro atoms. The van der Waals surface area contributed by atoms with Gasteiger partial charge in [-0.1, -0.05) is 6.92 Å². The molecule has 28 heavy (non-hydrogen) atoms. The van der Waals surface area contributed by atoms with Crippen molar-refractivity contribution >= 4 is 0 Å². The molecule has 5 nitrogen and oxygen atoms in total. The van der Waals surface area contributed by atoms with Gasteiger partial charge in [-0.15, -0.1) is 0 Å². The van der Waals surface area contributed by atoms with Crippen LogP contribution in [-0.4, -0.2) is 101 Å². The monoisotopic (exact) mass is 403 g/mol. The third kappa shape index (κ3) is 9.04. The summed E-state index contributed by atoms with van der Waals surface area (Å²) >= 11 is 0. The first-order valence-electron chi connectivity index (χ1n) is 11.2. The molecule has 0 bridgehead atoms. The summed E-state index contributed by atoms with van der Waals surface area (Å²) in [7, 11) is 0. The van der Waals surface area contributed by atoms with Crippen LogP contribution >= 0.6 is 0 Å². The van der Waals surface area contributed by atoms with Crippen LogP contribution in [0.15, 0.2) is 0 Å². The molecule has 2 N–H and O–H groups in total. The van der Waals surface area contributed by atoms with Crippen molar-refractivity contribution in [1.82, 2.24) is 14.7 Å². The summed E-state index contributed by atoms with van der Waals surface area (Å²) in [6.45, 7) is 20.7. The molecular weight excluding hydrogens is 357 g/mol. The molecular formula is C22H46FN3O2. The first-order valence-corrected chi connectivity index (χ1v) is 11.2. The zero-order valence-corrected chi connectivity index (χ0v) is 19.3. The molecule has 0 aliphatic carbocycles. The van der Waals surface area contributed by atoms with Gasteiger partial charge in [-0.3, -0.25) is 9.80 Å². The standard InChI is InChI=1S/C8H17N.C7H14FNO.C7H15NO/c1-7(2)9-5-4-8(3)6-9;1-5(2)9-3-6(8)7(10)4-9;1-6(2)8-4-3-7(9)5-8/h7-8H,4-6H2,1-3H3;5-7,10H,3-4H2,1-2H3;6-7,9H,3-5H2,1-2H3/t8-;;7-/m1.1/s1. The lowest BCUT2D eigenvalue weighted by atomic mass is 10.2. The van der Waals surface area contributed by atoms with Crippen molar-refractivity contribution < 1.29 is 14.6 Å². The molecule has 3 rings (SSSR count). The fourth-order valence-corrected chi connectivity index (χ4v) is 3.87. The summed E-state index contributed by atoms with van der Waals surface area (Å²) in [5.41, 5.74) is 0. The minimum absolute atomic E-state index is 0.0626. The molecule has 168 valence electrons. The highest BCUT2D eigenvalue weighted by atomic mass is 19.1. The maximum Gasteiger partial charge on any atom is 0.140 e. The van der Waals surface area contributed by atoms with E-state index in [0.717, 1.165) is 31.5 Å². The van der Waals surface area contributed by atoms with E-state index in [1.165, 1.54) is 19.5 Å². The normalized spacial score (nSPS) is 32.0. The number of hydrogen-bond acceptors (Lipinski definition) is 5. The second kappa shape index (κ2) is 12.4. The highest BCUT2D eigenvalue weighted by molar-refractivity contribution is 4.85.